The van der Waals surface area contributed by atoms with Crippen molar-refractivity contribution in [1.29, 1.82) is 0 Å². The van der Waals surface area contributed by atoms with E-state index in [0.29, 0.717) is 5.54 Å². The second kappa shape index (κ2) is 5.66. The van der Waals surface area contributed by atoms with Crippen LogP contribution in [0.4, 0.5) is 0 Å². The summed E-state index contributed by atoms with van der Waals surface area (Å²) >= 11 is 0. The van der Waals surface area contributed by atoms with E-state index in [1.54, 1.807) is 0 Å². The fourth-order valence-corrected chi connectivity index (χ4v) is 2.22. The van der Waals surface area contributed by atoms with E-state index in [-0.39, 0.29) is 0 Å². The van der Waals surface area contributed by atoms with Gasteiger partial charge in [0.2, 0.25) is 0 Å². The van der Waals surface area contributed by atoms with Gasteiger partial charge in [0.05, 0.1) is 0 Å². The summed E-state index contributed by atoms with van der Waals surface area (Å²) in [6.07, 6.45) is 3.85. The second-order valence-corrected chi connectivity index (χ2v) is 5.26. The van der Waals surface area contributed by atoms with Crippen molar-refractivity contribution in [3.05, 3.63) is 12.2 Å². The van der Waals surface area contributed by atoms with Crippen molar-refractivity contribution in [3.63, 3.8) is 0 Å². The van der Waals surface area contributed by atoms with Crippen LogP contribution in [-0.4, -0.2) is 36.6 Å². The van der Waals surface area contributed by atoms with Crippen LogP contribution in [0.5, 0.6) is 0 Å². The molecule has 0 bridgehead atoms. The lowest BCUT2D eigenvalue weighted by Crippen LogP contribution is -2.40. The molecule has 1 aliphatic rings. The molecule has 1 aliphatic heterocycles. The predicted molar refractivity (Wildman–Crippen MR) is 67.2 cm³/mol. The highest BCUT2D eigenvalue weighted by atomic mass is 15.2. The van der Waals surface area contributed by atoms with Crippen LogP contribution >= 0.6 is 0 Å². The fourth-order valence-electron chi connectivity index (χ4n) is 2.22. The average Bonchev–Trinajstić information content (AvgIpc) is 2.46. The van der Waals surface area contributed by atoms with E-state index >= 15 is 0 Å². The number of nitrogens with one attached hydrogen (secondary N) is 1. The number of hydrogen-bond acceptors (Lipinski definition) is 2. The molecule has 0 aliphatic carbocycles. The summed E-state index contributed by atoms with van der Waals surface area (Å²) < 4.78 is 0. The van der Waals surface area contributed by atoms with Gasteiger partial charge in [-0.15, -0.1) is 0 Å². The molecule has 1 rings (SSSR count). The summed E-state index contributed by atoms with van der Waals surface area (Å²) in [7, 11) is 0. The van der Waals surface area contributed by atoms with E-state index in [0.717, 1.165) is 19.6 Å². The van der Waals surface area contributed by atoms with Crippen LogP contribution in [0.2, 0.25) is 0 Å². The molecule has 1 N–H and O–H groups in total. The van der Waals surface area contributed by atoms with E-state index in [2.05, 4.69) is 37.6 Å². The van der Waals surface area contributed by atoms with E-state index in [4.69, 9.17) is 0 Å². The van der Waals surface area contributed by atoms with Crippen molar-refractivity contribution in [2.24, 2.45) is 0 Å². The number of nitrogens with zero attached hydrogens (tertiary/aromatic N) is 1. The number of likely N-dealkylation sites (tertiary alicyclic amines) is 1. The minimum absolute atomic E-state index is 0.383. The van der Waals surface area contributed by atoms with Gasteiger partial charge in [0, 0.05) is 18.6 Å². The van der Waals surface area contributed by atoms with E-state index < -0.39 is 0 Å². The van der Waals surface area contributed by atoms with Gasteiger partial charge in [-0.2, -0.15) is 0 Å². The van der Waals surface area contributed by atoms with Crippen molar-refractivity contribution in [1.82, 2.24) is 10.2 Å². The monoisotopic (exact) mass is 210 g/mol. The molecule has 0 spiro atoms. The highest BCUT2D eigenvalue weighted by Crippen LogP contribution is 2.28. The first-order chi connectivity index (χ1) is 7.06. The Kier molecular flexibility index (Phi) is 4.81. The van der Waals surface area contributed by atoms with Crippen LogP contribution in [0, 0.1) is 0 Å². The molecule has 2 heteroatoms. The van der Waals surface area contributed by atoms with Gasteiger partial charge in [0.15, 0.2) is 0 Å². The smallest absolute Gasteiger partial charge is 0.0208 e. The molecule has 88 valence electrons. The van der Waals surface area contributed by atoms with Crippen LogP contribution in [0.1, 0.15) is 40.0 Å². The third-order valence-corrected chi connectivity index (χ3v) is 3.29. The Morgan fingerprint density at radius 3 is 2.73 bits per heavy atom. The predicted octanol–water partition coefficient (Wildman–Crippen LogP) is 2.42. The molecule has 0 amide bonds. The van der Waals surface area contributed by atoms with Gasteiger partial charge in [-0.25, -0.2) is 0 Å². The van der Waals surface area contributed by atoms with Gasteiger partial charge in [-0.1, -0.05) is 13.5 Å². The first-order valence-electron chi connectivity index (χ1n) is 6.18. The number of rotatable bonds is 6. The normalized spacial score (nSPS) is 20.7. The van der Waals surface area contributed by atoms with Gasteiger partial charge in [0.1, 0.15) is 0 Å². The molecule has 15 heavy (non-hydrogen) atoms. The first kappa shape index (κ1) is 12.7. The Morgan fingerprint density at radius 2 is 2.20 bits per heavy atom. The van der Waals surface area contributed by atoms with Crippen molar-refractivity contribution in [2.45, 2.75) is 45.6 Å². The largest absolute Gasteiger partial charge is 0.313 e. The van der Waals surface area contributed by atoms with Crippen LogP contribution in [0.15, 0.2) is 12.2 Å². The third-order valence-electron chi connectivity index (χ3n) is 3.29. The molecular formula is C13H26N2. The molecule has 0 aromatic heterocycles. The van der Waals surface area contributed by atoms with Crippen LogP contribution < -0.4 is 5.32 Å². The minimum atomic E-state index is 0.383. The third kappa shape index (κ3) is 3.96. The first-order valence-corrected chi connectivity index (χ1v) is 6.18. The lowest BCUT2D eigenvalue weighted by atomic mass is 10.0. The molecule has 0 unspecified atom stereocenters. The van der Waals surface area contributed by atoms with Gasteiger partial charge in [-0.3, -0.25) is 4.90 Å². The minimum Gasteiger partial charge on any atom is -0.313 e. The average molecular weight is 210 g/mol. The molecule has 1 saturated heterocycles. The molecule has 0 saturated carbocycles. The zero-order chi connectivity index (χ0) is 11.3. The highest BCUT2D eigenvalue weighted by molar-refractivity contribution is 5.03. The Morgan fingerprint density at radius 1 is 1.47 bits per heavy atom. The summed E-state index contributed by atoms with van der Waals surface area (Å²) in [5, 5.41) is 3.41. The Hall–Kier alpha value is -0.340. The maximum atomic E-state index is 4.15. The highest BCUT2D eigenvalue weighted by Gasteiger charge is 2.31. The van der Waals surface area contributed by atoms with E-state index in [9.17, 15) is 0 Å². The zero-order valence-electron chi connectivity index (χ0n) is 10.6. The maximum absolute atomic E-state index is 4.15. The van der Waals surface area contributed by atoms with Gasteiger partial charge < -0.3 is 5.32 Å². The standard InChI is InChI=1S/C13H26N2/c1-5-8-14-10-12(2)11-15-9-6-7-13(15,3)4/h14H,2,5-11H2,1,3-4H3. The summed E-state index contributed by atoms with van der Waals surface area (Å²) in [4.78, 5) is 2.56. The Labute approximate surface area is 94.7 Å². The molecular weight excluding hydrogens is 184 g/mol. The lowest BCUT2D eigenvalue weighted by Gasteiger charge is -2.32. The molecule has 2 nitrogen and oxygen atoms in total. The van der Waals surface area contributed by atoms with Gasteiger partial charge in [0.25, 0.3) is 0 Å². The van der Waals surface area contributed by atoms with Crippen LogP contribution in [0.25, 0.3) is 0 Å². The van der Waals surface area contributed by atoms with Crippen molar-refractivity contribution in [2.75, 3.05) is 26.2 Å². The molecule has 0 atom stereocenters. The quantitative estimate of drug-likeness (QED) is 0.535. The Bertz CT molecular complexity index is 209. The Balaban J connectivity index is 2.25. The fraction of sp³-hybridized carbons (Fsp3) is 0.846. The summed E-state index contributed by atoms with van der Waals surface area (Å²) in [5.74, 6) is 0. The molecule has 0 aromatic rings. The summed E-state index contributed by atoms with van der Waals surface area (Å²) in [6.45, 7) is 15.4. The van der Waals surface area contributed by atoms with Crippen molar-refractivity contribution in [3.8, 4) is 0 Å². The SMILES string of the molecule is C=C(CNCCC)CN1CCCC1(C)C. The van der Waals surface area contributed by atoms with Crippen molar-refractivity contribution < 1.29 is 0 Å². The second-order valence-electron chi connectivity index (χ2n) is 5.26. The molecule has 0 aromatic carbocycles. The zero-order valence-corrected chi connectivity index (χ0v) is 10.6. The molecule has 1 heterocycles. The number of hydrogen-bond donors (Lipinski definition) is 1. The molecule has 0 radical (unpaired) electrons. The lowest BCUT2D eigenvalue weighted by molar-refractivity contribution is 0.190. The summed E-state index contributed by atoms with van der Waals surface area (Å²) in [6, 6.07) is 0. The van der Waals surface area contributed by atoms with Crippen molar-refractivity contribution >= 4 is 0 Å². The van der Waals surface area contributed by atoms with Gasteiger partial charge >= 0.3 is 0 Å². The van der Waals surface area contributed by atoms with E-state index in [1.165, 1.54) is 31.4 Å². The molecule has 1 fully saturated rings. The topological polar surface area (TPSA) is 15.3 Å². The maximum Gasteiger partial charge on any atom is 0.0208 e. The summed E-state index contributed by atoms with van der Waals surface area (Å²) in [5.41, 5.74) is 1.70. The van der Waals surface area contributed by atoms with Gasteiger partial charge in [-0.05, 0) is 51.8 Å². The van der Waals surface area contributed by atoms with E-state index in [1.807, 2.05) is 0 Å². The van der Waals surface area contributed by atoms with Crippen LogP contribution in [-0.2, 0) is 0 Å². The van der Waals surface area contributed by atoms with Crippen LogP contribution in [0.3, 0.4) is 0 Å².